The summed E-state index contributed by atoms with van der Waals surface area (Å²) in [4.78, 5) is 36.1. The number of carbonyl (C=O) groups is 3. The number of carbonyl (C=O) groups excluding carboxylic acids is 3. The number of amides is 2. The maximum Gasteiger partial charge on any atom is 0.338 e. The minimum Gasteiger partial charge on any atom is -0.463 e. The second-order valence-corrected chi connectivity index (χ2v) is 8.67. The summed E-state index contributed by atoms with van der Waals surface area (Å²) in [5.41, 5.74) is 1.01. The van der Waals surface area contributed by atoms with Gasteiger partial charge in [-0.05, 0) is 30.7 Å². The van der Waals surface area contributed by atoms with E-state index in [1.165, 1.54) is 24.3 Å². The van der Waals surface area contributed by atoms with Crippen LogP contribution >= 0.6 is 0 Å². The van der Waals surface area contributed by atoms with E-state index < -0.39 is 34.6 Å². The molecule has 2 aromatic carbocycles. The van der Waals surface area contributed by atoms with Crippen LogP contribution in [0.15, 0.2) is 70.8 Å². The lowest BCUT2D eigenvalue weighted by atomic mass is 10.1. The molecule has 0 saturated carbocycles. The number of sulfonamides is 1. The number of urea groups is 1. The largest absolute Gasteiger partial charge is 0.463 e. The van der Waals surface area contributed by atoms with Crippen LogP contribution in [-0.4, -0.2) is 46.1 Å². The third-order valence-electron chi connectivity index (χ3n) is 4.61. The van der Waals surface area contributed by atoms with Crippen molar-refractivity contribution in [3.05, 3.63) is 77.0 Å². The third-order valence-corrected chi connectivity index (χ3v) is 6.01. The number of rotatable bonds is 9. The molecule has 2 aromatic rings. The van der Waals surface area contributed by atoms with Crippen molar-refractivity contribution in [3.8, 4) is 0 Å². The zero-order chi connectivity index (χ0) is 23.8. The highest BCUT2D eigenvalue weighted by Crippen LogP contribution is 2.15. The predicted molar refractivity (Wildman–Crippen MR) is 117 cm³/mol. The number of benzene rings is 2. The molecule has 0 radical (unpaired) electrons. The van der Waals surface area contributed by atoms with Crippen molar-refractivity contribution >= 4 is 28.0 Å². The van der Waals surface area contributed by atoms with E-state index in [1.54, 1.807) is 31.2 Å². The van der Waals surface area contributed by atoms with Crippen LogP contribution in [-0.2, 0) is 30.8 Å². The quantitative estimate of drug-likeness (QED) is 0.468. The molecular formula is C22H23N3O7S. The van der Waals surface area contributed by atoms with Gasteiger partial charge in [0.15, 0.2) is 0 Å². The molecule has 33 heavy (non-hydrogen) atoms. The Labute approximate surface area is 191 Å². The van der Waals surface area contributed by atoms with Crippen molar-refractivity contribution in [2.45, 2.75) is 18.4 Å². The van der Waals surface area contributed by atoms with Gasteiger partial charge in [-0.15, -0.1) is 0 Å². The molecule has 0 spiro atoms. The number of esters is 2. The fourth-order valence-electron chi connectivity index (χ4n) is 2.94. The summed E-state index contributed by atoms with van der Waals surface area (Å²) in [5, 5.41) is 4.87. The minimum atomic E-state index is -3.88. The normalized spacial score (nSPS) is 13.7. The van der Waals surface area contributed by atoms with Gasteiger partial charge in [0.25, 0.3) is 0 Å². The van der Waals surface area contributed by atoms with Crippen LogP contribution in [0.3, 0.4) is 0 Å². The molecule has 3 N–H and O–H groups in total. The average molecular weight is 474 g/mol. The lowest BCUT2D eigenvalue weighted by molar-refractivity contribution is -0.138. The molecule has 174 valence electrons. The maximum absolute atomic E-state index is 12.6. The Hall–Kier alpha value is -3.70. The Bertz CT molecular complexity index is 1180. The second-order valence-electron chi connectivity index (χ2n) is 6.90. The lowest BCUT2D eigenvalue weighted by Gasteiger charge is -2.21. The molecule has 0 unspecified atom stereocenters. The van der Waals surface area contributed by atoms with Gasteiger partial charge in [0.1, 0.15) is 6.61 Å². The highest BCUT2D eigenvalue weighted by molar-refractivity contribution is 7.89. The molecular weight excluding hydrogens is 450 g/mol. The second kappa shape index (κ2) is 10.7. The molecule has 0 aliphatic carbocycles. The van der Waals surface area contributed by atoms with Crippen LogP contribution in [0.25, 0.3) is 0 Å². The molecule has 2 amide bonds. The van der Waals surface area contributed by atoms with Crippen LogP contribution in [0.5, 0.6) is 0 Å². The van der Waals surface area contributed by atoms with E-state index in [4.69, 9.17) is 9.47 Å². The minimum absolute atomic E-state index is 0.00358. The van der Waals surface area contributed by atoms with Crippen LogP contribution < -0.4 is 15.4 Å². The molecule has 11 heteroatoms. The third kappa shape index (κ3) is 6.40. The average Bonchev–Trinajstić information content (AvgIpc) is 2.82. The summed E-state index contributed by atoms with van der Waals surface area (Å²) < 4.78 is 37.9. The smallest absolute Gasteiger partial charge is 0.338 e. The van der Waals surface area contributed by atoms with Gasteiger partial charge in [0, 0.05) is 6.54 Å². The molecule has 3 rings (SSSR count). The summed E-state index contributed by atoms with van der Waals surface area (Å²) in [6.07, 6.45) is 0. The van der Waals surface area contributed by atoms with Gasteiger partial charge in [0.05, 0.1) is 34.9 Å². The van der Waals surface area contributed by atoms with E-state index in [0.717, 1.165) is 5.56 Å². The Morgan fingerprint density at radius 1 is 1.03 bits per heavy atom. The Balaban J connectivity index is 1.70. The van der Waals surface area contributed by atoms with Crippen molar-refractivity contribution in [1.82, 2.24) is 15.4 Å². The Morgan fingerprint density at radius 2 is 1.79 bits per heavy atom. The Morgan fingerprint density at radius 3 is 2.52 bits per heavy atom. The first kappa shape index (κ1) is 24.0. The molecule has 1 heterocycles. The van der Waals surface area contributed by atoms with E-state index in [1.807, 2.05) is 6.07 Å². The molecule has 1 aliphatic heterocycles. The highest BCUT2D eigenvalue weighted by atomic mass is 32.2. The van der Waals surface area contributed by atoms with Crippen LogP contribution in [0.1, 0.15) is 22.8 Å². The van der Waals surface area contributed by atoms with Gasteiger partial charge in [-0.2, -0.15) is 0 Å². The van der Waals surface area contributed by atoms with Gasteiger partial charge in [-0.3, -0.25) is 0 Å². The van der Waals surface area contributed by atoms with Crippen molar-refractivity contribution in [1.29, 1.82) is 0 Å². The molecule has 0 aromatic heterocycles. The molecule has 0 saturated heterocycles. The van der Waals surface area contributed by atoms with Gasteiger partial charge in [-0.25, -0.2) is 27.5 Å². The van der Waals surface area contributed by atoms with Gasteiger partial charge >= 0.3 is 18.0 Å². The van der Waals surface area contributed by atoms with Crippen molar-refractivity contribution < 1.29 is 32.3 Å². The SMILES string of the molecule is CCOC(=O)C1=C(COC(=O)c2cccc(S(=O)(=O)NCc3ccccc3)c2)NC(=O)NC1. The molecule has 1 aliphatic rings. The van der Waals surface area contributed by atoms with Crippen molar-refractivity contribution in [3.63, 3.8) is 0 Å². The van der Waals surface area contributed by atoms with Crippen LogP contribution in [0.4, 0.5) is 4.79 Å². The van der Waals surface area contributed by atoms with E-state index in [-0.39, 0.29) is 41.4 Å². The fraction of sp³-hybridized carbons (Fsp3) is 0.227. The standard InChI is InChI=1S/C22H23N3O7S/c1-2-31-21(27)18-13-23-22(28)25-19(18)14-32-20(26)16-9-6-10-17(11-16)33(29,30)24-12-15-7-4-3-5-8-15/h3-11,24H,2,12-14H2,1H3,(H2,23,25,28). The van der Waals surface area contributed by atoms with Crippen molar-refractivity contribution in [2.75, 3.05) is 19.8 Å². The number of nitrogens with one attached hydrogen (secondary N) is 3. The van der Waals surface area contributed by atoms with Gasteiger partial charge in [0.2, 0.25) is 10.0 Å². The van der Waals surface area contributed by atoms with Gasteiger partial charge < -0.3 is 20.1 Å². The molecule has 10 nitrogen and oxygen atoms in total. The first-order chi connectivity index (χ1) is 15.8. The van der Waals surface area contributed by atoms with Crippen LogP contribution in [0.2, 0.25) is 0 Å². The van der Waals surface area contributed by atoms with Crippen LogP contribution in [0, 0.1) is 0 Å². The van der Waals surface area contributed by atoms with Gasteiger partial charge in [-0.1, -0.05) is 36.4 Å². The first-order valence-electron chi connectivity index (χ1n) is 10.0. The lowest BCUT2D eigenvalue weighted by Crippen LogP contribution is -2.45. The van der Waals surface area contributed by atoms with Crippen molar-refractivity contribution in [2.24, 2.45) is 0 Å². The summed E-state index contributed by atoms with van der Waals surface area (Å²) in [6, 6.07) is 13.8. The number of hydrogen-bond acceptors (Lipinski definition) is 7. The monoisotopic (exact) mass is 473 g/mol. The zero-order valence-electron chi connectivity index (χ0n) is 17.8. The maximum atomic E-state index is 12.6. The summed E-state index contributed by atoms with van der Waals surface area (Å²) in [6.45, 7) is 1.41. The first-order valence-corrected chi connectivity index (χ1v) is 11.5. The Kier molecular flexibility index (Phi) is 7.80. The molecule has 0 bridgehead atoms. The summed E-state index contributed by atoms with van der Waals surface area (Å²) >= 11 is 0. The fourth-order valence-corrected chi connectivity index (χ4v) is 4.00. The van der Waals surface area contributed by atoms with E-state index >= 15 is 0 Å². The van der Waals surface area contributed by atoms with E-state index in [0.29, 0.717) is 0 Å². The topological polar surface area (TPSA) is 140 Å². The molecule has 0 atom stereocenters. The summed E-state index contributed by atoms with van der Waals surface area (Å²) in [7, 11) is -3.88. The summed E-state index contributed by atoms with van der Waals surface area (Å²) in [5.74, 6) is -1.47. The zero-order valence-corrected chi connectivity index (χ0v) is 18.6. The number of hydrogen-bond donors (Lipinski definition) is 3. The number of ether oxygens (including phenoxy) is 2. The highest BCUT2D eigenvalue weighted by Gasteiger charge is 2.25. The van der Waals surface area contributed by atoms with E-state index in [2.05, 4.69) is 15.4 Å². The predicted octanol–water partition coefficient (Wildman–Crippen LogP) is 1.45. The van der Waals surface area contributed by atoms with E-state index in [9.17, 15) is 22.8 Å². The molecule has 0 fully saturated rings.